The minimum absolute atomic E-state index is 0.511. The Morgan fingerprint density at radius 2 is 2.22 bits per heavy atom. The molecule has 0 aliphatic carbocycles. The van der Waals surface area contributed by atoms with E-state index in [2.05, 4.69) is 29.8 Å². The first-order valence-corrected chi connectivity index (χ1v) is 6.82. The molecule has 96 valence electrons. The first-order valence-electron chi connectivity index (χ1n) is 6.82. The highest BCUT2D eigenvalue weighted by Gasteiger charge is 2.19. The first kappa shape index (κ1) is 12.9. The number of nitriles is 1. The molecule has 1 aliphatic heterocycles. The van der Waals surface area contributed by atoms with E-state index in [4.69, 9.17) is 5.26 Å². The van der Waals surface area contributed by atoms with Crippen molar-refractivity contribution >= 4 is 5.69 Å². The van der Waals surface area contributed by atoms with Crippen LogP contribution in [0.4, 0.5) is 5.69 Å². The standard InChI is InChI=1S/C15H21N3/c1-12(2)13-4-3-8-18(9-6-13)15-5-7-17-14(10-15)11-16/h5,7,10,12-13H,3-4,6,8-9H2,1-2H3. The molecule has 1 unspecified atom stereocenters. The Morgan fingerprint density at radius 1 is 1.39 bits per heavy atom. The third-order valence-electron chi connectivity index (χ3n) is 3.94. The van der Waals surface area contributed by atoms with Gasteiger partial charge in [0.25, 0.3) is 0 Å². The monoisotopic (exact) mass is 243 g/mol. The van der Waals surface area contributed by atoms with Gasteiger partial charge in [-0.3, -0.25) is 0 Å². The number of hydrogen-bond donors (Lipinski definition) is 0. The van der Waals surface area contributed by atoms with E-state index in [1.165, 1.54) is 19.3 Å². The Kier molecular flexibility index (Phi) is 4.19. The van der Waals surface area contributed by atoms with E-state index in [-0.39, 0.29) is 0 Å². The fraction of sp³-hybridized carbons (Fsp3) is 0.600. The molecule has 1 aliphatic rings. The molecule has 1 fully saturated rings. The number of aromatic nitrogens is 1. The van der Waals surface area contributed by atoms with Crippen LogP contribution in [-0.2, 0) is 0 Å². The molecule has 0 radical (unpaired) electrons. The summed E-state index contributed by atoms with van der Waals surface area (Å²) < 4.78 is 0. The molecule has 1 atom stereocenters. The lowest BCUT2D eigenvalue weighted by molar-refractivity contribution is 0.351. The fourth-order valence-corrected chi connectivity index (χ4v) is 2.72. The predicted octanol–water partition coefficient (Wildman–Crippen LogP) is 3.22. The number of anilines is 1. The van der Waals surface area contributed by atoms with Gasteiger partial charge in [0, 0.05) is 25.0 Å². The molecular formula is C15H21N3. The van der Waals surface area contributed by atoms with Gasteiger partial charge in [-0.2, -0.15) is 5.26 Å². The van der Waals surface area contributed by atoms with E-state index in [9.17, 15) is 0 Å². The zero-order chi connectivity index (χ0) is 13.0. The van der Waals surface area contributed by atoms with Crippen molar-refractivity contribution in [2.24, 2.45) is 11.8 Å². The van der Waals surface area contributed by atoms with Crippen molar-refractivity contribution in [3.05, 3.63) is 24.0 Å². The highest BCUT2D eigenvalue weighted by atomic mass is 15.1. The molecule has 0 aromatic carbocycles. The van der Waals surface area contributed by atoms with E-state index < -0.39 is 0 Å². The van der Waals surface area contributed by atoms with Gasteiger partial charge in [0.2, 0.25) is 0 Å². The zero-order valence-electron chi connectivity index (χ0n) is 11.3. The van der Waals surface area contributed by atoms with Gasteiger partial charge < -0.3 is 4.90 Å². The predicted molar refractivity (Wildman–Crippen MR) is 73.3 cm³/mol. The highest BCUT2D eigenvalue weighted by molar-refractivity contribution is 5.48. The van der Waals surface area contributed by atoms with Gasteiger partial charge in [-0.1, -0.05) is 13.8 Å². The second-order valence-corrected chi connectivity index (χ2v) is 5.43. The average Bonchev–Trinajstić information content (AvgIpc) is 2.64. The van der Waals surface area contributed by atoms with Crippen molar-refractivity contribution in [2.75, 3.05) is 18.0 Å². The molecule has 2 heterocycles. The summed E-state index contributed by atoms with van der Waals surface area (Å²) in [6, 6.07) is 6.02. The van der Waals surface area contributed by atoms with Crippen molar-refractivity contribution in [3.8, 4) is 6.07 Å². The maximum Gasteiger partial charge on any atom is 0.142 e. The minimum atomic E-state index is 0.511. The summed E-state index contributed by atoms with van der Waals surface area (Å²) in [5, 5.41) is 8.90. The molecule has 0 amide bonds. The van der Waals surface area contributed by atoms with Crippen LogP contribution in [-0.4, -0.2) is 18.1 Å². The Labute approximate surface area is 109 Å². The third kappa shape index (κ3) is 3.01. The van der Waals surface area contributed by atoms with Gasteiger partial charge in [-0.15, -0.1) is 0 Å². The molecule has 0 saturated carbocycles. The van der Waals surface area contributed by atoms with E-state index in [0.29, 0.717) is 5.69 Å². The van der Waals surface area contributed by atoms with Gasteiger partial charge in [0.05, 0.1) is 0 Å². The zero-order valence-corrected chi connectivity index (χ0v) is 11.3. The van der Waals surface area contributed by atoms with Crippen molar-refractivity contribution in [2.45, 2.75) is 33.1 Å². The minimum Gasteiger partial charge on any atom is -0.371 e. The van der Waals surface area contributed by atoms with E-state index in [1.807, 2.05) is 12.1 Å². The normalized spacial score (nSPS) is 20.6. The van der Waals surface area contributed by atoms with E-state index in [1.54, 1.807) is 6.20 Å². The van der Waals surface area contributed by atoms with Crippen molar-refractivity contribution in [3.63, 3.8) is 0 Å². The number of rotatable bonds is 2. The van der Waals surface area contributed by atoms with Gasteiger partial charge in [0.15, 0.2) is 0 Å². The Bertz CT molecular complexity index is 434. The van der Waals surface area contributed by atoms with Gasteiger partial charge in [0.1, 0.15) is 11.8 Å². The summed E-state index contributed by atoms with van der Waals surface area (Å²) >= 11 is 0. The van der Waals surface area contributed by atoms with Crippen molar-refractivity contribution in [1.29, 1.82) is 5.26 Å². The Hall–Kier alpha value is -1.56. The summed E-state index contributed by atoms with van der Waals surface area (Å²) in [6.07, 6.45) is 5.55. The van der Waals surface area contributed by atoms with Gasteiger partial charge in [-0.25, -0.2) is 4.98 Å². The molecule has 3 heteroatoms. The third-order valence-corrected chi connectivity index (χ3v) is 3.94. The molecule has 0 N–H and O–H groups in total. The molecule has 1 aromatic rings. The van der Waals surface area contributed by atoms with Crippen LogP contribution in [0.5, 0.6) is 0 Å². The maximum atomic E-state index is 8.90. The average molecular weight is 243 g/mol. The second-order valence-electron chi connectivity index (χ2n) is 5.43. The topological polar surface area (TPSA) is 39.9 Å². The van der Waals surface area contributed by atoms with Crippen LogP contribution >= 0.6 is 0 Å². The van der Waals surface area contributed by atoms with Gasteiger partial charge in [-0.05, 0) is 43.2 Å². The molecule has 0 bridgehead atoms. The highest BCUT2D eigenvalue weighted by Crippen LogP contribution is 2.27. The quantitative estimate of drug-likeness (QED) is 0.800. The molecular weight excluding hydrogens is 222 g/mol. The molecule has 2 rings (SSSR count). The fourth-order valence-electron chi connectivity index (χ4n) is 2.72. The lowest BCUT2D eigenvalue weighted by Crippen LogP contribution is -2.24. The lowest BCUT2D eigenvalue weighted by atomic mass is 9.89. The van der Waals surface area contributed by atoms with Crippen LogP contribution in [0.15, 0.2) is 18.3 Å². The number of nitrogens with zero attached hydrogens (tertiary/aromatic N) is 3. The van der Waals surface area contributed by atoms with Crippen molar-refractivity contribution < 1.29 is 0 Å². The number of pyridine rings is 1. The first-order chi connectivity index (χ1) is 8.70. The summed E-state index contributed by atoms with van der Waals surface area (Å²) in [5.74, 6) is 1.62. The summed E-state index contributed by atoms with van der Waals surface area (Å²) in [4.78, 5) is 6.43. The van der Waals surface area contributed by atoms with Crippen molar-refractivity contribution in [1.82, 2.24) is 4.98 Å². The van der Waals surface area contributed by atoms with Crippen LogP contribution in [0.2, 0.25) is 0 Å². The molecule has 18 heavy (non-hydrogen) atoms. The van der Waals surface area contributed by atoms with Gasteiger partial charge >= 0.3 is 0 Å². The molecule has 1 aromatic heterocycles. The molecule has 0 spiro atoms. The largest absolute Gasteiger partial charge is 0.371 e. The molecule has 1 saturated heterocycles. The lowest BCUT2D eigenvalue weighted by Gasteiger charge is -2.23. The van der Waals surface area contributed by atoms with Crippen LogP contribution < -0.4 is 4.90 Å². The van der Waals surface area contributed by atoms with E-state index >= 15 is 0 Å². The Balaban J connectivity index is 2.07. The summed E-state index contributed by atoms with van der Waals surface area (Å²) in [7, 11) is 0. The van der Waals surface area contributed by atoms with Crippen LogP contribution in [0, 0.1) is 23.2 Å². The van der Waals surface area contributed by atoms with Crippen LogP contribution in [0.1, 0.15) is 38.8 Å². The maximum absolute atomic E-state index is 8.90. The second kappa shape index (κ2) is 5.86. The summed E-state index contributed by atoms with van der Waals surface area (Å²) in [6.45, 7) is 6.83. The summed E-state index contributed by atoms with van der Waals surface area (Å²) in [5.41, 5.74) is 1.66. The van der Waals surface area contributed by atoms with E-state index in [0.717, 1.165) is 30.6 Å². The molecule has 3 nitrogen and oxygen atoms in total. The smallest absolute Gasteiger partial charge is 0.142 e. The number of hydrogen-bond acceptors (Lipinski definition) is 3. The van der Waals surface area contributed by atoms with Crippen LogP contribution in [0.25, 0.3) is 0 Å². The van der Waals surface area contributed by atoms with Crippen LogP contribution in [0.3, 0.4) is 0 Å². The SMILES string of the molecule is CC(C)C1CCCN(c2ccnc(C#N)c2)CC1. The Morgan fingerprint density at radius 3 is 2.94 bits per heavy atom.